The maximum Gasteiger partial charge on any atom is 0.695 e. The van der Waals surface area contributed by atoms with E-state index in [1.165, 1.54) is 159 Å². The lowest BCUT2D eigenvalue weighted by atomic mass is 9.98. The SMILES string of the molecule is CCCCCC=CCC=CCCCCCCCCCCC1(CCCCCCCCC=CCC=CCCCCC)OCC(CCN(C)CCCCCCNC(=O)CCCOc2ccc(C(C)=NNC(=O)CCSSCCCC(=O)N3C[C@H](O[P+](=O)O)C[C@H]3CO)cc2)O1. The number of nitrogens with one attached hydrogen (secondary N) is 2. The molecular weight excluding hydrogens is 1210 g/mol. The largest absolute Gasteiger partial charge is 0.695 e. The number of hydrogen-bond donors (Lipinski definition) is 4. The van der Waals surface area contributed by atoms with Gasteiger partial charge in [-0.1, -0.05) is 187 Å². The lowest BCUT2D eigenvalue weighted by Crippen LogP contribution is -2.37. The van der Waals surface area contributed by atoms with Crippen LogP contribution in [0.5, 0.6) is 5.75 Å². The molecular formula is C74H127N5O10PS2+. The average Bonchev–Trinajstić information content (AvgIpc) is 1.84. The van der Waals surface area contributed by atoms with Crippen molar-refractivity contribution < 1.29 is 47.7 Å². The second-order valence-electron chi connectivity index (χ2n) is 25.5. The summed E-state index contributed by atoms with van der Waals surface area (Å²) in [4.78, 5) is 50.7. The number of rotatable bonds is 60. The molecule has 2 aliphatic heterocycles. The molecule has 3 rings (SSSR count). The number of allylic oxidation sites excluding steroid dienone is 8. The van der Waals surface area contributed by atoms with Gasteiger partial charge in [-0.05, 0) is 159 Å². The summed E-state index contributed by atoms with van der Waals surface area (Å²) in [5.41, 5.74) is 4.15. The first-order valence-electron chi connectivity index (χ1n) is 36.4. The second-order valence-corrected chi connectivity index (χ2v) is 28.9. The molecule has 0 aliphatic carbocycles. The molecule has 1 aromatic rings. The van der Waals surface area contributed by atoms with Crippen molar-refractivity contribution in [2.75, 3.05) is 64.6 Å². The van der Waals surface area contributed by atoms with Gasteiger partial charge in [-0.3, -0.25) is 14.4 Å². The maximum atomic E-state index is 12.7. The van der Waals surface area contributed by atoms with E-state index in [0.717, 1.165) is 82.2 Å². The highest BCUT2D eigenvalue weighted by Gasteiger charge is 2.41. The first-order chi connectivity index (χ1) is 45.0. The quantitative estimate of drug-likeness (QED) is 0.0121. The number of ether oxygens (including phenoxy) is 3. The normalized spacial score (nSPS) is 18.1. The summed E-state index contributed by atoms with van der Waals surface area (Å²) in [6.07, 6.45) is 61.4. The standard InChI is InChI=1S/C74H126N5O10PS2/c1-5-7-9-11-13-15-17-19-21-23-24-26-28-30-32-34-36-40-54-74(53-39-35-33-31-29-27-25-22-20-18-16-14-12-10-8-6-2)87-64-69(88-74)51-57-78(4)56-42-38-37-41-55-75-71(81)45-43-58-86-68-49-47-66(48-50-68)65(3)76-77-72(82)52-60-92-91-59-44-46-73(83)79-62-70(89-90(84)85)61-67(79)63-80/h13-16,19-22,47-50,67,69-70,80H,5-12,17-18,23-46,51-64H2,1-4H3,(H2-,75,77,81,82,84,85)/p+1/t67-,69?,70+,74?/m0/s1. The summed E-state index contributed by atoms with van der Waals surface area (Å²) >= 11 is 0. The van der Waals surface area contributed by atoms with E-state index in [9.17, 15) is 24.1 Å². The molecule has 92 heavy (non-hydrogen) atoms. The van der Waals surface area contributed by atoms with Gasteiger partial charge in [0.05, 0.1) is 44.2 Å². The van der Waals surface area contributed by atoms with Crippen molar-refractivity contribution in [2.45, 2.75) is 295 Å². The van der Waals surface area contributed by atoms with Gasteiger partial charge in [-0.15, -0.1) is 9.42 Å². The number of nitrogens with zero attached hydrogens (tertiary/aromatic N) is 3. The number of benzene rings is 1. The van der Waals surface area contributed by atoms with Crippen LogP contribution in [-0.2, 0) is 32.9 Å². The Morgan fingerprint density at radius 3 is 1.83 bits per heavy atom. The first-order valence-corrected chi connectivity index (χ1v) is 40.0. The molecule has 0 aromatic heterocycles. The van der Waals surface area contributed by atoms with Crippen molar-refractivity contribution in [3.05, 3.63) is 78.4 Å². The van der Waals surface area contributed by atoms with Crippen LogP contribution in [0, 0.1) is 0 Å². The lowest BCUT2D eigenvalue weighted by Gasteiger charge is -2.29. The molecule has 0 saturated carbocycles. The van der Waals surface area contributed by atoms with E-state index < -0.39 is 26.2 Å². The summed E-state index contributed by atoms with van der Waals surface area (Å²) in [6, 6.07) is 7.11. The van der Waals surface area contributed by atoms with E-state index in [2.05, 4.69) is 90.2 Å². The van der Waals surface area contributed by atoms with Crippen LogP contribution in [-0.4, -0.2) is 132 Å². The van der Waals surface area contributed by atoms with Gasteiger partial charge in [0.2, 0.25) is 17.7 Å². The topological polar surface area (TPSA) is 189 Å². The minimum absolute atomic E-state index is 0.0545. The van der Waals surface area contributed by atoms with E-state index in [1.54, 1.807) is 21.6 Å². The number of carbonyl (C=O) groups is 3. The number of hydrazone groups is 1. The van der Waals surface area contributed by atoms with Crippen LogP contribution in [0.3, 0.4) is 0 Å². The van der Waals surface area contributed by atoms with Gasteiger partial charge < -0.3 is 34.4 Å². The molecule has 0 radical (unpaired) electrons. The summed E-state index contributed by atoms with van der Waals surface area (Å²) in [7, 11) is 2.62. The average molecular weight is 1340 g/mol. The van der Waals surface area contributed by atoms with Gasteiger partial charge in [-0.2, -0.15) is 5.10 Å². The molecule has 18 heteroatoms. The number of amides is 3. The number of unbranched alkanes of at least 4 members (excludes halogenated alkanes) is 23. The number of likely N-dealkylation sites (tertiary alicyclic amines) is 1. The van der Waals surface area contributed by atoms with Crippen LogP contribution in [0.1, 0.15) is 277 Å². The highest BCUT2D eigenvalue weighted by atomic mass is 33.1. The Morgan fingerprint density at radius 1 is 0.685 bits per heavy atom. The number of hydrogen-bond acceptors (Lipinski definition) is 13. The van der Waals surface area contributed by atoms with E-state index >= 15 is 0 Å². The van der Waals surface area contributed by atoms with E-state index in [4.69, 9.17) is 23.6 Å². The molecule has 1 aromatic carbocycles. The molecule has 2 aliphatic rings. The summed E-state index contributed by atoms with van der Waals surface area (Å²) in [6.45, 7) is 10.2. The van der Waals surface area contributed by atoms with Crippen molar-refractivity contribution in [3.8, 4) is 5.75 Å². The molecule has 3 amide bonds. The molecule has 2 fully saturated rings. The predicted molar refractivity (Wildman–Crippen MR) is 387 cm³/mol. The monoisotopic (exact) mass is 1340 g/mol. The maximum absolute atomic E-state index is 12.7. The Kier molecular flexibility index (Phi) is 51.1. The molecule has 5 atom stereocenters. The molecule has 3 unspecified atom stereocenters. The van der Waals surface area contributed by atoms with Gasteiger partial charge in [0.15, 0.2) is 5.79 Å². The first kappa shape index (κ1) is 82.8. The summed E-state index contributed by atoms with van der Waals surface area (Å²) in [5, 5.41) is 17.0. The minimum atomic E-state index is -2.76. The van der Waals surface area contributed by atoms with Crippen molar-refractivity contribution >= 4 is 53.3 Å². The fourth-order valence-electron chi connectivity index (χ4n) is 11.6. The zero-order valence-corrected chi connectivity index (χ0v) is 60.4. The Bertz CT molecular complexity index is 2200. The van der Waals surface area contributed by atoms with Gasteiger partial charge in [0.25, 0.3) is 0 Å². The third-order valence-corrected chi connectivity index (χ3v) is 20.2. The molecule has 524 valence electrons. The van der Waals surface area contributed by atoms with Crippen molar-refractivity contribution in [3.63, 3.8) is 0 Å². The predicted octanol–water partition coefficient (Wildman–Crippen LogP) is 18.2. The third-order valence-electron chi connectivity index (χ3n) is 17.2. The Balaban J connectivity index is 1.21. The third kappa shape index (κ3) is 43.6. The Hall–Kier alpha value is -3.38. The van der Waals surface area contributed by atoms with Gasteiger partial charge in [-0.25, -0.2) is 5.43 Å². The van der Waals surface area contributed by atoms with Crippen molar-refractivity contribution in [1.29, 1.82) is 0 Å². The second kappa shape index (κ2) is 56.8. The van der Waals surface area contributed by atoms with E-state index in [1.807, 2.05) is 31.2 Å². The van der Waals surface area contributed by atoms with Crippen LogP contribution >= 0.6 is 29.8 Å². The minimum Gasteiger partial charge on any atom is -0.494 e. The zero-order valence-electron chi connectivity index (χ0n) is 57.9. The van der Waals surface area contributed by atoms with Crippen LogP contribution in [0.4, 0.5) is 0 Å². The van der Waals surface area contributed by atoms with Gasteiger partial charge in [0, 0.05) is 67.7 Å². The number of carbonyl (C=O) groups excluding carboxylic acids is 3. The smallest absolute Gasteiger partial charge is 0.494 e. The fraction of sp³-hybridized carbons (Fsp3) is 0.757. The van der Waals surface area contributed by atoms with Crippen LogP contribution in [0.2, 0.25) is 0 Å². The molecule has 15 nitrogen and oxygen atoms in total. The number of aliphatic hydroxyl groups excluding tert-OH is 1. The van der Waals surface area contributed by atoms with Crippen molar-refractivity contribution in [2.24, 2.45) is 5.10 Å². The molecule has 2 heterocycles. The van der Waals surface area contributed by atoms with Gasteiger partial charge in [0.1, 0.15) is 11.9 Å². The highest BCUT2D eigenvalue weighted by Crippen LogP contribution is 2.36. The fourth-order valence-corrected chi connectivity index (χ4v) is 14.1. The van der Waals surface area contributed by atoms with E-state index in [-0.39, 0.29) is 37.0 Å². The Labute approximate surface area is 567 Å². The molecule has 2 saturated heterocycles. The van der Waals surface area contributed by atoms with Gasteiger partial charge >= 0.3 is 8.25 Å². The zero-order chi connectivity index (χ0) is 66.2. The van der Waals surface area contributed by atoms with Crippen LogP contribution in [0.15, 0.2) is 78.0 Å². The lowest BCUT2D eigenvalue weighted by molar-refractivity contribution is -0.180. The molecule has 0 spiro atoms. The van der Waals surface area contributed by atoms with Crippen LogP contribution in [0.25, 0.3) is 0 Å². The van der Waals surface area contributed by atoms with Crippen molar-refractivity contribution in [1.82, 2.24) is 20.5 Å². The van der Waals surface area contributed by atoms with E-state index in [0.29, 0.717) is 75.5 Å². The van der Waals surface area contributed by atoms with Crippen LogP contribution < -0.4 is 15.5 Å². The summed E-state index contributed by atoms with van der Waals surface area (Å²) < 4.78 is 35.4. The Morgan fingerprint density at radius 2 is 1.24 bits per heavy atom. The summed E-state index contributed by atoms with van der Waals surface area (Å²) in [5.74, 6) is 1.36. The number of aliphatic hydroxyl groups is 1. The molecule has 4 N–H and O–H groups in total. The molecule has 0 bridgehead atoms. The highest BCUT2D eigenvalue weighted by molar-refractivity contribution is 8.76.